The Bertz CT molecular complexity index is 1150. The molecule has 0 aliphatic carbocycles. The average molecular weight is 434 g/mol. The zero-order valence-corrected chi connectivity index (χ0v) is 16.6. The Morgan fingerprint density at radius 1 is 0.964 bits per heavy atom. The second-order valence-electron chi connectivity index (χ2n) is 6.12. The van der Waals surface area contributed by atoms with Gasteiger partial charge in [-0.05, 0) is 42.5 Å². The predicted octanol–water partition coefficient (Wildman–Crippen LogP) is 5.59. The molecule has 138 valence electrons. The molecule has 0 aliphatic heterocycles. The van der Waals surface area contributed by atoms with E-state index in [1.54, 1.807) is 24.3 Å². The smallest absolute Gasteiger partial charge is 0.337 e. The summed E-state index contributed by atoms with van der Waals surface area (Å²) in [7, 11) is 1.36. The number of nitrogens with one attached hydrogen (secondary N) is 1. The lowest BCUT2D eigenvalue weighted by Crippen LogP contribution is -2.02. The largest absolute Gasteiger partial charge is 0.465 e. The highest BCUT2D eigenvalue weighted by molar-refractivity contribution is 9.10. The third-order valence-electron chi connectivity index (χ3n) is 4.27. The van der Waals surface area contributed by atoms with Crippen molar-refractivity contribution in [3.63, 3.8) is 0 Å². The summed E-state index contributed by atoms with van der Waals surface area (Å²) in [5.74, 6) is 0.116. The van der Waals surface area contributed by atoms with Crippen molar-refractivity contribution in [3.8, 4) is 11.3 Å². The first-order valence-electron chi connectivity index (χ1n) is 8.62. The van der Waals surface area contributed by atoms with E-state index < -0.39 is 0 Å². The molecule has 0 amide bonds. The van der Waals surface area contributed by atoms with Crippen LogP contribution in [0.1, 0.15) is 10.4 Å². The van der Waals surface area contributed by atoms with E-state index in [-0.39, 0.29) is 5.97 Å². The number of rotatable bonds is 4. The number of aromatic nitrogens is 2. The molecule has 0 aliphatic rings. The molecule has 5 nitrogen and oxygen atoms in total. The maximum Gasteiger partial charge on any atom is 0.337 e. The zero-order valence-electron chi connectivity index (χ0n) is 15.0. The molecule has 1 heterocycles. The number of carbonyl (C=O) groups excluding carboxylic acids is 1. The number of halogens is 1. The van der Waals surface area contributed by atoms with Crippen molar-refractivity contribution in [3.05, 3.63) is 82.8 Å². The lowest BCUT2D eigenvalue weighted by Gasteiger charge is -2.11. The van der Waals surface area contributed by atoms with Crippen LogP contribution in [0.3, 0.4) is 0 Å². The molecular formula is C22H16BrN3O2. The lowest BCUT2D eigenvalue weighted by atomic mass is 10.1. The number of hydrogen-bond donors (Lipinski definition) is 1. The number of carbonyl (C=O) groups is 1. The predicted molar refractivity (Wildman–Crippen MR) is 114 cm³/mol. The number of anilines is 2. The Morgan fingerprint density at radius 3 is 2.43 bits per heavy atom. The van der Waals surface area contributed by atoms with Crippen molar-refractivity contribution >= 4 is 44.4 Å². The second-order valence-corrected chi connectivity index (χ2v) is 7.03. The normalized spacial score (nSPS) is 10.6. The summed E-state index contributed by atoms with van der Waals surface area (Å²) in [6.07, 6.45) is 0. The number of methoxy groups -OCH3 is 1. The average Bonchev–Trinajstić information content (AvgIpc) is 2.74. The van der Waals surface area contributed by atoms with Gasteiger partial charge in [0, 0.05) is 21.1 Å². The number of nitrogens with zero attached hydrogens (tertiary/aromatic N) is 2. The number of benzene rings is 3. The minimum atomic E-state index is -0.370. The SMILES string of the molecule is COC(=O)c1ccc(Nc2nc(-c3ccccc3)c3cc(Br)ccc3n2)cc1. The van der Waals surface area contributed by atoms with Crippen LogP contribution in [0, 0.1) is 0 Å². The first-order valence-corrected chi connectivity index (χ1v) is 9.41. The van der Waals surface area contributed by atoms with Gasteiger partial charge >= 0.3 is 5.97 Å². The molecule has 0 atom stereocenters. The van der Waals surface area contributed by atoms with Crippen LogP contribution in [-0.2, 0) is 4.74 Å². The highest BCUT2D eigenvalue weighted by Gasteiger charge is 2.11. The van der Waals surface area contributed by atoms with Crippen LogP contribution in [0.5, 0.6) is 0 Å². The summed E-state index contributed by atoms with van der Waals surface area (Å²) >= 11 is 3.53. The summed E-state index contributed by atoms with van der Waals surface area (Å²) in [6.45, 7) is 0. The van der Waals surface area contributed by atoms with Crippen LogP contribution in [0.15, 0.2) is 77.3 Å². The van der Waals surface area contributed by atoms with Gasteiger partial charge in [-0.15, -0.1) is 0 Å². The van der Waals surface area contributed by atoms with E-state index in [1.165, 1.54) is 7.11 Å². The van der Waals surface area contributed by atoms with Crippen molar-refractivity contribution in [2.45, 2.75) is 0 Å². The van der Waals surface area contributed by atoms with E-state index in [4.69, 9.17) is 9.72 Å². The lowest BCUT2D eigenvalue weighted by molar-refractivity contribution is 0.0601. The van der Waals surface area contributed by atoms with Gasteiger partial charge in [0.05, 0.1) is 23.9 Å². The van der Waals surface area contributed by atoms with Gasteiger partial charge in [0.2, 0.25) is 5.95 Å². The number of fused-ring (bicyclic) bond motifs is 1. The van der Waals surface area contributed by atoms with E-state index >= 15 is 0 Å². The number of hydrogen-bond acceptors (Lipinski definition) is 5. The fourth-order valence-corrected chi connectivity index (χ4v) is 3.27. The van der Waals surface area contributed by atoms with Gasteiger partial charge in [0.25, 0.3) is 0 Å². The van der Waals surface area contributed by atoms with Crippen LogP contribution in [0.4, 0.5) is 11.6 Å². The third-order valence-corrected chi connectivity index (χ3v) is 4.76. The molecule has 6 heteroatoms. The Balaban J connectivity index is 1.76. The molecule has 28 heavy (non-hydrogen) atoms. The summed E-state index contributed by atoms with van der Waals surface area (Å²) in [6, 6.07) is 22.9. The van der Waals surface area contributed by atoms with Crippen LogP contribution in [0.2, 0.25) is 0 Å². The van der Waals surface area contributed by atoms with Gasteiger partial charge in [-0.2, -0.15) is 0 Å². The molecule has 1 N–H and O–H groups in total. The van der Waals surface area contributed by atoms with E-state index in [9.17, 15) is 4.79 Å². The summed E-state index contributed by atoms with van der Waals surface area (Å²) in [4.78, 5) is 21.0. The number of esters is 1. The minimum Gasteiger partial charge on any atom is -0.465 e. The van der Waals surface area contributed by atoms with Crippen molar-refractivity contribution in [2.75, 3.05) is 12.4 Å². The molecule has 0 fully saturated rings. The summed E-state index contributed by atoms with van der Waals surface area (Å²) in [5.41, 5.74) is 3.97. The molecule has 4 rings (SSSR count). The van der Waals surface area contributed by atoms with E-state index in [0.717, 1.165) is 32.3 Å². The third kappa shape index (κ3) is 3.73. The van der Waals surface area contributed by atoms with Gasteiger partial charge in [0.15, 0.2) is 0 Å². The van der Waals surface area contributed by atoms with E-state index in [0.29, 0.717) is 11.5 Å². The highest BCUT2D eigenvalue weighted by Crippen LogP contribution is 2.30. The van der Waals surface area contributed by atoms with Crippen LogP contribution in [0.25, 0.3) is 22.2 Å². The Labute approximate surface area is 170 Å². The molecule has 0 radical (unpaired) electrons. The zero-order chi connectivity index (χ0) is 19.5. The van der Waals surface area contributed by atoms with Crippen molar-refractivity contribution in [1.29, 1.82) is 0 Å². The molecule has 3 aromatic carbocycles. The highest BCUT2D eigenvalue weighted by atomic mass is 79.9. The van der Waals surface area contributed by atoms with Gasteiger partial charge in [0.1, 0.15) is 0 Å². The molecule has 4 aromatic rings. The first kappa shape index (κ1) is 18.1. The monoisotopic (exact) mass is 433 g/mol. The van der Waals surface area contributed by atoms with Gasteiger partial charge < -0.3 is 10.1 Å². The molecule has 1 aromatic heterocycles. The first-order chi connectivity index (χ1) is 13.6. The topological polar surface area (TPSA) is 64.1 Å². The maximum atomic E-state index is 11.6. The fraction of sp³-hybridized carbons (Fsp3) is 0.0455. The molecule has 0 saturated carbocycles. The van der Waals surface area contributed by atoms with Crippen LogP contribution < -0.4 is 5.32 Å². The van der Waals surface area contributed by atoms with E-state index in [2.05, 4.69) is 26.2 Å². The van der Waals surface area contributed by atoms with Crippen molar-refractivity contribution in [1.82, 2.24) is 9.97 Å². The Hall–Kier alpha value is -3.25. The minimum absolute atomic E-state index is 0.370. The van der Waals surface area contributed by atoms with Crippen LogP contribution >= 0.6 is 15.9 Å². The fourth-order valence-electron chi connectivity index (χ4n) is 2.91. The molecule has 0 spiro atoms. The van der Waals surface area contributed by atoms with Gasteiger partial charge in [-0.25, -0.2) is 14.8 Å². The maximum absolute atomic E-state index is 11.6. The Kier molecular flexibility index (Phi) is 5.04. The quantitative estimate of drug-likeness (QED) is 0.425. The van der Waals surface area contributed by atoms with Crippen LogP contribution in [-0.4, -0.2) is 23.0 Å². The van der Waals surface area contributed by atoms with Gasteiger partial charge in [-0.1, -0.05) is 46.3 Å². The molecule has 0 unspecified atom stereocenters. The summed E-state index contributed by atoms with van der Waals surface area (Å²) in [5, 5.41) is 4.18. The molecule has 0 bridgehead atoms. The van der Waals surface area contributed by atoms with Crippen molar-refractivity contribution < 1.29 is 9.53 Å². The molecular weight excluding hydrogens is 418 g/mol. The Morgan fingerprint density at radius 2 is 1.71 bits per heavy atom. The number of ether oxygens (including phenoxy) is 1. The molecule has 0 saturated heterocycles. The van der Waals surface area contributed by atoms with Crippen molar-refractivity contribution in [2.24, 2.45) is 0 Å². The second kappa shape index (κ2) is 7.78. The van der Waals surface area contributed by atoms with E-state index in [1.807, 2.05) is 48.5 Å². The standard InChI is InChI=1S/C22H16BrN3O2/c1-28-21(27)15-7-10-17(11-8-15)24-22-25-19-12-9-16(23)13-18(19)20(26-22)14-5-3-2-4-6-14/h2-13H,1H3,(H,24,25,26). The van der Waals surface area contributed by atoms with Gasteiger partial charge in [-0.3, -0.25) is 0 Å². The summed E-state index contributed by atoms with van der Waals surface area (Å²) < 4.78 is 5.70.